The fourth-order valence-corrected chi connectivity index (χ4v) is 1.53. The van der Waals surface area contributed by atoms with Crippen molar-refractivity contribution in [3.63, 3.8) is 0 Å². The fraction of sp³-hybridized carbons (Fsp3) is 0.846. The molecule has 0 saturated heterocycles. The van der Waals surface area contributed by atoms with Crippen LogP contribution in [0, 0.1) is 5.41 Å². The van der Waals surface area contributed by atoms with Crippen molar-refractivity contribution < 1.29 is 14.3 Å². The van der Waals surface area contributed by atoms with Crippen molar-refractivity contribution in [1.29, 1.82) is 0 Å². The Morgan fingerprint density at radius 1 is 1.17 bits per heavy atom. The molecule has 0 bridgehead atoms. The number of alkyl carbamates (subject to hydrolysis) is 1. The van der Waals surface area contributed by atoms with Gasteiger partial charge in [0.2, 0.25) is 0 Å². The Hall–Kier alpha value is -0.580. The fourth-order valence-electron chi connectivity index (χ4n) is 1.31. The van der Waals surface area contributed by atoms with Crippen LogP contribution in [0.5, 0.6) is 0 Å². The minimum atomic E-state index is -0.536. The van der Waals surface area contributed by atoms with Gasteiger partial charge in [-0.05, 0) is 26.2 Å². The van der Waals surface area contributed by atoms with Gasteiger partial charge in [-0.25, -0.2) is 4.79 Å². The van der Waals surface area contributed by atoms with E-state index >= 15 is 0 Å². The van der Waals surface area contributed by atoms with Gasteiger partial charge in [-0.3, -0.25) is 4.79 Å². The van der Waals surface area contributed by atoms with E-state index in [0.29, 0.717) is 11.8 Å². The average Bonchev–Trinajstić information content (AvgIpc) is 2.11. The first-order chi connectivity index (χ1) is 7.95. The molecule has 106 valence electrons. The molecule has 18 heavy (non-hydrogen) atoms. The van der Waals surface area contributed by atoms with Gasteiger partial charge in [0, 0.05) is 12.5 Å². The van der Waals surface area contributed by atoms with E-state index in [2.05, 4.69) is 21.2 Å². The molecule has 0 rings (SSSR count). The van der Waals surface area contributed by atoms with E-state index in [0.717, 1.165) is 0 Å². The molecular formula is C13H24BrNO3. The normalized spacial score (nSPS) is 13.9. The second-order valence-electron chi connectivity index (χ2n) is 6.44. The van der Waals surface area contributed by atoms with Crippen molar-refractivity contribution >= 4 is 27.8 Å². The lowest BCUT2D eigenvalue weighted by atomic mass is 9.84. The Labute approximate surface area is 118 Å². The van der Waals surface area contributed by atoms with Crippen LogP contribution >= 0.6 is 15.9 Å². The van der Waals surface area contributed by atoms with Gasteiger partial charge < -0.3 is 10.1 Å². The lowest BCUT2D eigenvalue weighted by Gasteiger charge is -2.32. The number of nitrogens with one attached hydrogen (secondary N) is 1. The quantitative estimate of drug-likeness (QED) is 0.808. The SMILES string of the molecule is CC(C)(C)OC(=O)N[C@H](CC(=O)CBr)C(C)(C)C. The van der Waals surface area contributed by atoms with E-state index in [1.54, 1.807) is 0 Å². The number of carbonyl (C=O) groups excluding carboxylic acids is 2. The average molecular weight is 322 g/mol. The number of Topliss-reactive ketones (excluding diaryl/α,β-unsaturated/α-hetero) is 1. The molecule has 0 heterocycles. The van der Waals surface area contributed by atoms with Crippen molar-refractivity contribution in [3.05, 3.63) is 0 Å². The largest absolute Gasteiger partial charge is 0.444 e. The maximum absolute atomic E-state index is 11.7. The highest BCUT2D eigenvalue weighted by Gasteiger charge is 2.29. The Bertz CT molecular complexity index is 302. The lowest BCUT2D eigenvalue weighted by molar-refractivity contribution is -0.117. The maximum Gasteiger partial charge on any atom is 0.407 e. The third-order valence-corrected chi connectivity index (χ3v) is 2.94. The van der Waals surface area contributed by atoms with Crippen molar-refractivity contribution in [3.8, 4) is 0 Å². The van der Waals surface area contributed by atoms with Gasteiger partial charge in [-0.1, -0.05) is 36.7 Å². The highest BCUT2D eigenvalue weighted by Crippen LogP contribution is 2.23. The minimum absolute atomic E-state index is 0.0611. The van der Waals surface area contributed by atoms with Crippen LogP contribution in [0.25, 0.3) is 0 Å². The number of halogens is 1. The number of alkyl halides is 1. The van der Waals surface area contributed by atoms with Gasteiger partial charge in [-0.2, -0.15) is 0 Å². The summed E-state index contributed by atoms with van der Waals surface area (Å²) in [5.41, 5.74) is -0.735. The molecule has 0 aliphatic rings. The predicted molar refractivity (Wildman–Crippen MR) is 76.0 cm³/mol. The molecule has 0 radical (unpaired) electrons. The van der Waals surface area contributed by atoms with Crippen LogP contribution < -0.4 is 5.32 Å². The Kier molecular flexibility index (Phi) is 6.34. The molecule has 0 aromatic carbocycles. The highest BCUT2D eigenvalue weighted by atomic mass is 79.9. The predicted octanol–water partition coefficient (Wildman–Crippen LogP) is 3.28. The molecule has 1 atom stereocenters. The monoisotopic (exact) mass is 321 g/mol. The van der Waals surface area contributed by atoms with Gasteiger partial charge in [0.05, 0.1) is 5.33 Å². The Morgan fingerprint density at radius 3 is 2.00 bits per heavy atom. The van der Waals surface area contributed by atoms with Gasteiger partial charge in [0.1, 0.15) is 11.4 Å². The molecule has 0 aliphatic heterocycles. The first-order valence-corrected chi connectivity index (χ1v) is 7.15. The lowest BCUT2D eigenvalue weighted by Crippen LogP contribution is -2.47. The number of carbonyl (C=O) groups is 2. The number of amides is 1. The summed E-state index contributed by atoms with van der Waals surface area (Å²) in [7, 11) is 0. The molecule has 5 heteroatoms. The second kappa shape index (κ2) is 6.55. The summed E-state index contributed by atoms with van der Waals surface area (Å²) in [5, 5.41) is 3.08. The minimum Gasteiger partial charge on any atom is -0.444 e. The van der Waals surface area contributed by atoms with Crippen molar-refractivity contribution in [2.45, 2.75) is 59.6 Å². The molecule has 0 fully saturated rings. The highest BCUT2D eigenvalue weighted by molar-refractivity contribution is 9.09. The van der Waals surface area contributed by atoms with Gasteiger partial charge >= 0.3 is 6.09 Å². The number of rotatable bonds is 4. The summed E-state index contributed by atoms with van der Waals surface area (Å²) in [6.07, 6.45) is -0.182. The maximum atomic E-state index is 11.7. The van der Waals surface area contributed by atoms with Crippen LogP contribution in [0.15, 0.2) is 0 Å². The van der Waals surface area contributed by atoms with E-state index in [4.69, 9.17) is 4.74 Å². The molecule has 0 aromatic heterocycles. The first-order valence-electron chi connectivity index (χ1n) is 6.03. The van der Waals surface area contributed by atoms with E-state index in [9.17, 15) is 9.59 Å². The summed E-state index contributed by atoms with van der Waals surface area (Å²) in [5.74, 6) is 0.0611. The summed E-state index contributed by atoms with van der Waals surface area (Å²) in [6.45, 7) is 11.4. The van der Waals surface area contributed by atoms with Crippen molar-refractivity contribution in [2.24, 2.45) is 5.41 Å². The van der Waals surface area contributed by atoms with Gasteiger partial charge in [0.25, 0.3) is 0 Å². The molecule has 0 unspecified atom stereocenters. The van der Waals surface area contributed by atoms with E-state index < -0.39 is 11.7 Å². The smallest absolute Gasteiger partial charge is 0.407 e. The third kappa shape index (κ3) is 7.69. The van der Waals surface area contributed by atoms with Crippen LogP contribution in [0.2, 0.25) is 0 Å². The zero-order valence-corrected chi connectivity index (χ0v) is 13.7. The topological polar surface area (TPSA) is 55.4 Å². The van der Waals surface area contributed by atoms with Gasteiger partial charge in [-0.15, -0.1) is 0 Å². The standard InChI is InChI=1S/C13H24BrNO3/c1-12(2,3)10(7-9(16)8-14)15-11(17)18-13(4,5)6/h10H,7-8H2,1-6H3,(H,15,17)/t10-/m1/s1. The molecule has 1 amide bonds. The van der Waals surface area contributed by atoms with Crippen LogP contribution in [-0.4, -0.2) is 28.8 Å². The zero-order chi connectivity index (χ0) is 14.6. The Morgan fingerprint density at radius 2 is 1.67 bits per heavy atom. The van der Waals surface area contributed by atoms with Crippen molar-refractivity contribution in [1.82, 2.24) is 5.32 Å². The molecule has 0 spiro atoms. The first kappa shape index (κ1) is 17.4. The van der Waals surface area contributed by atoms with E-state index in [1.165, 1.54) is 0 Å². The second-order valence-corrected chi connectivity index (χ2v) is 7.00. The summed E-state index contributed by atoms with van der Waals surface area (Å²) in [6, 6.07) is -0.239. The van der Waals surface area contributed by atoms with Gasteiger partial charge in [0.15, 0.2) is 0 Å². The zero-order valence-electron chi connectivity index (χ0n) is 12.1. The van der Waals surface area contributed by atoms with E-state index in [1.807, 2.05) is 41.5 Å². The summed E-state index contributed by atoms with van der Waals surface area (Å²) >= 11 is 3.13. The Balaban J connectivity index is 4.61. The van der Waals surface area contributed by atoms with Crippen LogP contribution in [0.1, 0.15) is 48.0 Å². The van der Waals surface area contributed by atoms with Crippen LogP contribution in [0.3, 0.4) is 0 Å². The summed E-state index contributed by atoms with van der Waals surface area (Å²) < 4.78 is 5.21. The molecule has 0 saturated carbocycles. The molecular weight excluding hydrogens is 298 g/mol. The van der Waals surface area contributed by atoms with Crippen LogP contribution in [0.4, 0.5) is 4.79 Å². The number of hydrogen-bond donors (Lipinski definition) is 1. The molecule has 0 aromatic rings. The number of ether oxygens (including phenoxy) is 1. The van der Waals surface area contributed by atoms with E-state index in [-0.39, 0.29) is 17.2 Å². The molecule has 4 nitrogen and oxygen atoms in total. The van der Waals surface area contributed by atoms with Crippen molar-refractivity contribution in [2.75, 3.05) is 5.33 Å². The van der Waals surface area contributed by atoms with Crippen LogP contribution in [-0.2, 0) is 9.53 Å². The summed E-state index contributed by atoms with van der Waals surface area (Å²) in [4.78, 5) is 23.2. The molecule has 1 N–H and O–H groups in total. The number of ketones is 1. The number of hydrogen-bond acceptors (Lipinski definition) is 3. The third-order valence-electron chi connectivity index (χ3n) is 2.32. The molecule has 0 aliphatic carbocycles.